The van der Waals surface area contributed by atoms with E-state index in [1.54, 1.807) is 11.3 Å². The number of rotatable bonds is 1. The molecule has 0 aliphatic carbocycles. The molecule has 0 aliphatic heterocycles. The second kappa shape index (κ2) is 2.77. The van der Waals surface area contributed by atoms with Crippen molar-refractivity contribution in [2.24, 2.45) is 5.73 Å². The van der Waals surface area contributed by atoms with Gasteiger partial charge < -0.3 is 11.5 Å². The molecule has 0 bridgehead atoms. The van der Waals surface area contributed by atoms with E-state index in [0.29, 0.717) is 6.54 Å². The summed E-state index contributed by atoms with van der Waals surface area (Å²) in [7, 11) is 0. The van der Waals surface area contributed by atoms with E-state index in [4.69, 9.17) is 11.5 Å². The number of nitrogens with two attached hydrogens (primary N) is 2. The van der Waals surface area contributed by atoms with Gasteiger partial charge in [0.05, 0.1) is 0 Å². The first-order valence-corrected chi connectivity index (χ1v) is 4.65. The fraction of sp³-hybridized carbons (Fsp3) is 0.111. The molecule has 62 valence electrons. The third kappa shape index (κ3) is 0.983. The van der Waals surface area contributed by atoms with E-state index < -0.39 is 0 Å². The Hall–Kier alpha value is -1.06. The van der Waals surface area contributed by atoms with E-state index in [2.05, 4.69) is 11.4 Å². The summed E-state index contributed by atoms with van der Waals surface area (Å²) < 4.78 is 1.22. The Morgan fingerprint density at radius 2 is 2.17 bits per heavy atom. The van der Waals surface area contributed by atoms with Crippen LogP contribution in [0.2, 0.25) is 0 Å². The van der Waals surface area contributed by atoms with Crippen LogP contribution in [0.1, 0.15) is 5.56 Å². The third-order valence-electron chi connectivity index (χ3n) is 1.93. The van der Waals surface area contributed by atoms with Gasteiger partial charge in [-0.15, -0.1) is 11.3 Å². The quantitative estimate of drug-likeness (QED) is 0.656. The maximum atomic E-state index is 5.83. The van der Waals surface area contributed by atoms with Crippen molar-refractivity contribution in [3.05, 3.63) is 29.1 Å². The molecule has 0 amide bonds. The van der Waals surface area contributed by atoms with Crippen molar-refractivity contribution in [3.8, 4) is 0 Å². The monoisotopic (exact) mass is 178 g/mol. The van der Waals surface area contributed by atoms with Crippen LogP contribution in [0.5, 0.6) is 0 Å². The lowest BCUT2D eigenvalue weighted by atomic mass is 10.1. The second-order valence-corrected chi connectivity index (χ2v) is 3.60. The average molecular weight is 178 g/mol. The van der Waals surface area contributed by atoms with Gasteiger partial charge in [-0.05, 0) is 23.1 Å². The number of nitrogen functional groups attached to an aromatic ring is 1. The molecule has 0 saturated heterocycles. The summed E-state index contributed by atoms with van der Waals surface area (Å²) >= 11 is 1.69. The lowest BCUT2D eigenvalue weighted by Crippen LogP contribution is -1.96. The molecular formula is C9H10N2S. The molecule has 0 aliphatic rings. The molecule has 4 N–H and O–H groups in total. The molecule has 1 heterocycles. The predicted octanol–water partition coefficient (Wildman–Crippen LogP) is 1.94. The van der Waals surface area contributed by atoms with E-state index >= 15 is 0 Å². The highest BCUT2D eigenvalue weighted by Gasteiger charge is 2.04. The van der Waals surface area contributed by atoms with Crippen LogP contribution in [0.25, 0.3) is 10.1 Å². The van der Waals surface area contributed by atoms with Crippen LogP contribution in [0, 0.1) is 0 Å². The first-order chi connectivity index (χ1) is 5.83. The van der Waals surface area contributed by atoms with Crippen molar-refractivity contribution in [1.29, 1.82) is 0 Å². The molecule has 2 aromatic rings. The average Bonchev–Trinajstić information content (AvgIpc) is 2.49. The first-order valence-electron chi connectivity index (χ1n) is 3.77. The molecule has 1 aromatic carbocycles. The summed E-state index contributed by atoms with van der Waals surface area (Å²) in [4.78, 5) is 0. The van der Waals surface area contributed by atoms with E-state index in [1.165, 1.54) is 4.70 Å². The Bertz CT molecular complexity index is 406. The molecule has 0 atom stereocenters. The van der Waals surface area contributed by atoms with E-state index in [0.717, 1.165) is 16.6 Å². The van der Waals surface area contributed by atoms with Crippen LogP contribution in [-0.2, 0) is 6.54 Å². The minimum Gasteiger partial charge on any atom is -0.398 e. The van der Waals surface area contributed by atoms with E-state index in [1.807, 2.05) is 12.1 Å². The summed E-state index contributed by atoms with van der Waals surface area (Å²) in [6, 6.07) is 5.94. The zero-order valence-corrected chi connectivity index (χ0v) is 7.40. The normalized spacial score (nSPS) is 10.8. The van der Waals surface area contributed by atoms with Gasteiger partial charge >= 0.3 is 0 Å². The third-order valence-corrected chi connectivity index (χ3v) is 2.92. The Morgan fingerprint density at radius 1 is 1.33 bits per heavy atom. The van der Waals surface area contributed by atoms with Crippen LogP contribution >= 0.6 is 11.3 Å². The fourth-order valence-corrected chi connectivity index (χ4v) is 2.34. The molecule has 12 heavy (non-hydrogen) atoms. The van der Waals surface area contributed by atoms with Crippen LogP contribution in [0.15, 0.2) is 23.6 Å². The number of hydrogen-bond acceptors (Lipinski definition) is 3. The molecule has 3 heteroatoms. The SMILES string of the molecule is NCc1csc2cccc(N)c12. The van der Waals surface area contributed by atoms with Crippen molar-refractivity contribution in [1.82, 2.24) is 0 Å². The van der Waals surface area contributed by atoms with Crippen molar-refractivity contribution in [2.45, 2.75) is 6.54 Å². The number of thiophene rings is 1. The number of fused-ring (bicyclic) bond motifs is 1. The maximum absolute atomic E-state index is 5.83. The van der Waals surface area contributed by atoms with Gasteiger partial charge in [0.1, 0.15) is 0 Å². The molecule has 1 aromatic heterocycles. The zero-order valence-electron chi connectivity index (χ0n) is 6.58. The zero-order chi connectivity index (χ0) is 8.55. The topological polar surface area (TPSA) is 52.0 Å². The molecule has 0 unspecified atom stereocenters. The summed E-state index contributed by atoms with van der Waals surface area (Å²) in [5.74, 6) is 0. The van der Waals surface area contributed by atoms with E-state index in [-0.39, 0.29) is 0 Å². The smallest absolute Gasteiger partial charge is 0.0405 e. The Labute approximate surface area is 74.8 Å². The predicted molar refractivity (Wildman–Crippen MR) is 54.1 cm³/mol. The molecular weight excluding hydrogens is 168 g/mol. The number of anilines is 1. The van der Waals surface area contributed by atoms with Crippen LogP contribution in [0.4, 0.5) is 5.69 Å². The van der Waals surface area contributed by atoms with Gasteiger partial charge in [0.25, 0.3) is 0 Å². The standard InChI is InChI=1S/C9H10N2S/c10-4-6-5-12-8-3-1-2-7(11)9(6)8/h1-3,5H,4,10-11H2. The van der Waals surface area contributed by atoms with E-state index in [9.17, 15) is 0 Å². The highest BCUT2D eigenvalue weighted by molar-refractivity contribution is 7.17. The summed E-state index contributed by atoms with van der Waals surface area (Å²) in [6.07, 6.45) is 0. The Kier molecular flexibility index (Phi) is 1.75. The van der Waals surface area contributed by atoms with Crippen molar-refractivity contribution in [3.63, 3.8) is 0 Å². The highest BCUT2D eigenvalue weighted by atomic mass is 32.1. The second-order valence-electron chi connectivity index (χ2n) is 2.69. The van der Waals surface area contributed by atoms with Gasteiger partial charge in [0.2, 0.25) is 0 Å². The summed E-state index contributed by atoms with van der Waals surface area (Å²) in [5.41, 5.74) is 13.4. The number of hydrogen-bond donors (Lipinski definition) is 2. The molecule has 2 nitrogen and oxygen atoms in total. The first kappa shape index (κ1) is 7.58. The summed E-state index contributed by atoms with van der Waals surface area (Å²) in [6.45, 7) is 0.564. The Balaban J connectivity index is 2.83. The van der Waals surface area contributed by atoms with Gasteiger partial charge in [-0.25, -0.2) is 0 Å². The largest absolute Gasteiger partial charge is 0.398 e. The lowest BCUT2D eigenvalue weighted by Gasteiger charge is -1.97. The molecule has 2 rings (SSSR count). The minimum absolute atomic E-state index is 0.564. The molecule has 0 saturated carbocycles. The van der Waals surface area contributed by atoms with Gasteiger partial charge in [-0.2, -0.15) is 0 Å². The van der Waals surface area contributed by atoms with Crippen LogP contribution in [-0.4, -0.2) is 0 Å². The van der Waals surface area contributed by atoms with Gasteiger partial charge in [-0.1, -0.05) is 6.07 Å². The molecule has 0 radical (unpaired) electrons. The van der Waals surface area contributed by atoms with Crippen molar-refractivity contribution in [2.75, 3.05) is 5.73 Å². The molecule has 0 spiro atoms. The van der Waals surface area contributed by atoms with Gasteiger partial charge in [0.15, 0.2) is 0 Å². The van der Waals surface area contributed by atoms with Crippen molar-refractivity contribution < 1.29 is 0 Å². The van der Waals surface area contributed by atoms with Crippen molar-refractivity contribution >= 4 is 27.1 Å². The highest BCUT2D eigenvalue weighted by Crippen LogP contribution is 2.29. The van der Waals surface area contributed by atoms with Crippen LogP contribution < -0.4 is 11.5 Å². The summed E-state index contributed by atoms with van der Waals surface area (Å²) in [5, 5.41) is 3.20. The number of benzene rings is 1. The Morgan fingerprint density at radius 3 is 2.92 bits per heavy atom. The van der Waals surface area contributed by atoms with Gasteiger partial charge in [0, 0.05) is 22.3 Å². The maximum Gasteiger partial charge on any atom is 0.0405 e. The van der Waals surface area contributed by atoms with Crippen LogP contribution in [0.3, 0.4) is 0 Å². The lowest BCUT2D eigenvalue weighted by molar-refractivity contribution is 1.09. The van der Waals surface area contributed by atoms with Gasteiger partial charge in [-0.3, -0.25) is 0 Å². The molecule has 0 fully saturated rings. The minimum atomic E-state index is 0.564. The fourth-order valence-electron chi connectivity index (χ4n) is 1.33.